The van der Waals surface area contributed by atoms with Gasteiger partial charge < -0.3 is 4.74 Å². The molecule has 1 amide bonds. The molecule has 0 spiro atoms. The van der Waals surface area contributed by atoms with E-state index in [0.717, 1.165) is 21.5 Å². The quantitative estimate of drug-likeness (QED) is 0.507. The van der Waals surface area contributed by atoms with Gasteiger partial charge in [0.1, 0.15) is 5.75 Å². The summed E-state index contributed by atoms with van der Waals surface area (Å²) in [6.45, 7) is 0.441. The maximum absolute atomic E-state index is 13.1. The molecule has 0 N–H and O–H groups in total. The summed E-state index contributed by atoms with van der Waals surface area (Å²) in [4.78, 5) is 24.2. The van der Waals surface area contributed by atoms with Crippen molar-refractivity contribution < 1.29 is 9.53 Å². The predicted molar refractivity (Wildman–Crippen MR) is 105 cm³/mol. The van der Waals surface area contributed by atoms with Gasteiger partial charge >= 0.3 is 0 Å². The van der Waals surface area contributed by atoms with Gasteiger partial charge in [0, 0.05) is 18.5 Å². The number of thiophene rings is 1. The summed E-state index contributed by atoms with van der Waals surface area (Å²) in [5.41, 5.74) is 1.82. The van der Waals surface area contributed by atoms with Gasteiger partial charge in [0.25, 0.3) is 5.91 Å². The molecule has 0 aliphatic carbocycles. The highest BCUT2D eigenvalue weighted by atomic mass is 32.1. The number of hydrogen-bond acceptors (Lipinski definition) is 6. The van der Waals surface area contributed by atoms with Gasteiger partial charge in [0.15, 0.2) is 5.13 Å². The van der Waals surface area contributed by atoms with Crippen LogP contribution in [0.4, 0.5) is 5.13 Å². The Labute approximate surface area is 158 Å². The minimum absolute atomic E-state index is 0.0529. The number of thiazole rings is 1. The van der Waals surface area contributed by atoms with Gasteiger partial charge in [0.2, 0.25) is 0 Å². The number of amides is 1. The number of anilines is 1. The van der Waals surface area contributed by atoms with Crippen molar-refractivity contribution >= 4 is 43.9 Å². The average molecular weight is 381 g/mol. The molecule has 3 heterocycles. The second kappa shape index (κ2) is 7.23. The summed E-state index contributed by atoms with van der Waals surface area (Å²) >= 11 is 2.93. The minimum Gasteiger partial charge on any atom is -0.497 e. The molecule has 0 atom stereocenters. The van der Waals surface area contributed by atoms with E-state index in [4.69, 9.17) is 4.74 Å². The Morgan fingerprint density at radius 2 is 2.04 bits per heavy atom. The molecule has 0 fully saturated rings. The zero-order valence-corrected chi connectivity index (χ0v) is 15.6. The number of nitrogens with zero attached hydrogens (tertiary/aromatic N) is 3. The van der Waals surface area contributed by atoms with Gasteiger partial charge in [-0.2, -0.15) is 0 Å². The van der Waals surface area contributed by atoms with Crippen molar-refractivity contribution in [3.63, 3.8) is 0 Å². The molecule has 130 valence electrons. The summed E-state index contributed by atoms with van der Waals surface area (Å²) in [7, 11) is 1.63. The van der Waals surface area contributed by atoms with E-state index >= 15 is 0 Å². The number of rotatable bonds is 5. The number of hydrogen-bond donors (Lipinski definition) is 0. The van der Waals surface area contributed by atoms with Gasteiger partial charge in [-0.25, -0.2) is 4.98 Å². The van der Waals surface area contributed by atoms with Crippen LogP contribution < -0.4 is 9.64 Å². The van der Waals surface area contributed by atoms with Gasteiger partial charge in [-0.05, 0) is 41.3 Å². The molecule has 7 heteroatoms. The number of methoxy groups -OCH3 is 1. The summed E-state index contributed by atoms with van der Waals surface area (Å²) in [6.07, 6.45) is 3.46. The fraction of sp³-hybridized carbons (Fsp3) is 0.105. The zero-order chi connectivity index (χ0) is 17.9. The maximum Gasteiger partial charge on any atom is 0.270 e. The standard InChI is InChI=1S/C19H15N3O2S2/c1-24-14-4-5-16-15(11-14)21-19(26-16)22(12-13-6-8-20-9-7-13)18(23)17-3-2-10-25-17/h2-11H,12H2,1H3. The molecular weight excluding hydrogens is 366 g/mol. The molecule has 3 aromatic heterocycles. The Bertz CT molecular complexity index is 1030. The van der Waals surface area contributed by atoms with E-state index in [9.17, 15) is 4.79 Å². The van der Waals surface area contributed by atoms with Crippen molar-refractivity contribution in [3.05, 3.63) is 70.7 Å². The molecule has 4 rings (SSSR count). The molecule has 4 aromatic rings. The van der Waals surface area contributed by atoms with Crippen LogP contribution in [0.3, 0.4) is 0 Å². The van der Waals surface area contributed by atoms with Crippen molar-refractivity contribution in [2.75, 3.05) is 12.0 Å². The third-order valence-corrected chi connectivity index (χ3v) is 5.80. The highest BCUT2D eigenvalue weighted by molar-refractivity contribution is 7.22. The first-order chi connectivity index (χ1) is 12.7. The van der Waals surface area contributed by atoms with Gasteiger partial charge in [0.05, 0.1) is 28.7 Å². The van der Waals surface area contributed by atoms with E-state index in [1.807, 2.05) is 47.8 Å². The first-order valence-corrected chi connectivity index (χ1v) is 9.63. The highest BCUT2D eigenvalue weighted by Crippen LogP contribution is 2.33. The van der Waals surface area contributed by atoms with Crippen LogP contribution in [-0.2, 0) is 6.54 Å². The molecule has 5 nitrogen and oxygen atoms in total. The number of aromatic nitrogens is 2. The number of pyridine rings is 1. The number of carbonyl (C=O) groups is 1. The van der Waals surface area contributed by atoms with E-state index in [1.165, 1.54) is 22.7 Å². The first-order valence-electron chi connectivity index (χ1n) is 7.93. The Hall–Kier alpha value is -2.77. The van der Waals surface area contributed by atoms with Crippen molar-refractivity contribution in [1.82, 2.24) is 9.97 Å². The van der Waals surface area contributed by atoms with Crippen LogP contribution in [0.5, 0.6) is 5.75 Å². The summed E-state index contributed by atoms with van der Waals surface area (Å²) in [5, 5.41) is 2.57. The minimum atomic E-state index is -0.0529. The van der Waals surface area contributed by atoms with Crippen LogP contribution in [0, 0.1) is 0 Å². The average Bonchev–Trinajstić information content (AvgIpc) is 3.35. The Balaban J connectivity index is 1.75. The van der Waals surface area contributed by atoms with E-state index in [0.29, 0.717) is 16.6 Å². The zero-order valence-electron chi connectivity index (χ0n) is 14.0. The molecule has 0 aliphatic rings. The van der Waals surface area contributed by atoms with Crippen LogP contribution in [0.25, 0.3) is 10.2 Å². The Morgan fingerprint density at radius 1 is 1.19 bits per heavy atom. The molecule has 1 aromatic carbocycles. The van der Waals surface area contributed by atoms with Gasteiger partial charge in [-0.3, -0.25) is 14.7 Å². The summed E-state index contributed by atoms with van der Waals surface area (Å²) < 4.78 is 6.29. The number of ether oxygens (including phenoxy) is 1. The lowest BCUT2D eigenvalue weighted by Gasteiger charge is -2.19. The van der Waals surface area contributed by atoms with Crippen LogP contribution in [0.2, 0.25) is 0 Å². The molecule has 0 bridgehead atoms. The van der Waals surface area contributed by atoms with Crippen molar-refractivity contribution in [1.29, 1.82) is 0 Å². The van der Waals surface area contributed by atoms with E-state index in [2.05, 4.69) is 9.97 Å². The lowest BCUT2D eigenvalue weighted by molar-refractivity contribution is 0.0989. The lowest BCUT2D eigenvalue weighted by atomic mass is 10.2. The van der Waals surface area contributed by atoms with E-state index in [-0.39, 0.29) is 5.91 Å². The van der Waals surface area contributed by atoms with Crippen molar-refractivity contribution in [2.45, 2.75) is 6.54 Å². The number of carbonyl (C=O) groups excluding carboxylic acids is 1. The molecule has 0 saturated heterocycles. The molecule has 26 heavy (non-hydrogen) atoms. The molecule has 0 radical (unpaired) electrons. The van der Waals surface area contributed by atoms with Crippen molar-refractivity contribution in [3.8, 4) is 5.75 Å². The lowest BCUT2D eigenvalue weighted by Crippen LogP contribution is -2.29. The second-order valence-corrected chi connectivity index (χ2v) is 7.51. The first kappa shape index (κ1) is 16.7. The van der Waals surface area contributed by atoms with E-state index < -0.39 is 0 Å². The third-order valence-electron chi connectivity index (χ3n) is 3.88. The van der Waals surface area contributed by atoms with Crippen molar-refractivity contribution in [2.24, 2.45) is 0 Å². The predicted octanol–water partition coefficient (Wildman–Crippen LogP) is 4.61. The Kier molecular flexibility index (Phi) is 4.64. The molecule has 0 saturated carbocycles. The molecule has 0 unspecified atom stereocenters. The fourth-order valence-corrected chi connectivity index (χ4v) is 4.18. The summed E-state index contributed by atoms with van der Waals surface area (Å²) in [5.74, 6) is 0.697. The highest BCUT2D eigenvalue weighted by Gasteiger charge is 2.22. The van der Waals surface area contributed by atoms with Crippen LogP contribution >= 0.6 is 22.7 Å². The second-order valence-electron chi connectivity index (χ2n) is 5.55. The van der Waals surface area contributed by atoms with Gasteiger partial charge in [-0.15, -0.1) is 11.3 Å². The number of benzene rings is 1. The fourth-order valence-electron chi connectivity index (χ4n) is 2.57. The monoisotopic (exact) mass is 381 g/mol. The maximum atomic E-state index is 13.1. The smallest absolute Gasteiger partial charge is 0.270 e. The van der Waals surface area contributed by atoms with Crippen LogP contribution in [0.15, 0.2) is 60.2 Å². The topological polar surface area (TPSA) is 55.3 Å². The van der Waals surface area contributed by atoms with Crippen LogP contribution in [-0.4, -0.2) is 23.0 Å². The van der Waals surface area contributed by atoms with Crippen LogP contribution in [0.1, 0.15) is 15.2 Å². The van der Waals surface area contributed by atoms with Gasteiger partial charge in [-0.1, -0.05) is 17.4 Å². The molecular formula is C19H15N3O2S2. The molecule has 0 aliphatic heterocycles. The normalized spacial score (nSPS) is 10.8. The number of fused-ring (bicyclic) bond motifs is 1. The largest absolute Gasteiger partial charge is 0.497 e. The van der Waals surface area contributed by atoms with E-state index in [1.54, 1.807) is 24.4 Å². The summed E-state index contributed by atoms with van der Waals surface area (Å²) in [6, 6.07) is 13.3. The SMILES string of the molecule is COc1ccc2sc(N(Cc3ccncc3)C(=O)c3cccs3)nc2c1. The Morgan fingerprint density at radius 3 is 2.77 bits per heavy atom. The third kappa shape index (κ3) is 3.31.